The van der Waals surface area contributed by atoms with Crippen molar-refractivity contribution in [1.29, 1.82) is 0 Å². The molecule has 0 aliphatic carbocycles. The highest BCUT2D eigenvalue weighted by atomic mass is 127. The Morgan fingerprint density at radius 2 is 1.58 bits per heavy atom. The van der Waals surface area contributed by atoms with E-state index in [9.17, 15) is 0 Å². The number of nitrogens with one attached hydrogen (secondary N) is 1. The van der Waals surface area contributed by atoms with Crippen LogP contribution in [-0.4, -0.2) is 33.3 Å². The zero-order chi connectivity index (χ0) is 18.8. The lowest BCUT2D eigenvalue weighted by molar-refractivity contribution is 0.347. The fourth-order valence-corrected chi connectivity index (χ4v) is 2.59. The lowest BCUT2D eigenvalue weighted by atomic mass is 10.0. The Hall–Kier alpha value is -1.38. The predicted octanol–water partition coefficient (Wildman–Crippen LogP) is 3.95. The number of benzene rings is 1. The summed E-state index contributed by atoms with van der Waals surface area (Å²) in [6.45, 7) is 7.01. The molecule has 0 bridgehead atoms. The second-order valence-electron chi connectivity index (χ2n) is 6.59. The number of hydrogen-bond donors (Lipinski definition) is 2. The summed E-state index contributed by atoms with van der Waals surface area (Å²) in [6.07, 6.45) is 3.49. The maximum atomic E-state index is 6.01. The molecule has 1 unspecified atom stereocenters. The third-order valence-corrected chi connectivity index (χ3v) is 4.02. The summed E-state index contributed by atoms with van der Waals surface area (Å²) in [7, 11) is 4.82. The van der Waals surface area contributed by atoms with Gasteiger partial charge in [0, 0.05) is 17.7 Å². The summed E-state index contributed by atoms with van der Waals surface area (Å²) in [5.74, 6) is 3.13. The van der Waals surface area contributed by atoms with E-state index in [1.807, 2.05) is 6.07 Å². The Bertz CT molecular complexity index is 565. The zero-order valence-corrected chi connectivity index (χ0v) is 19.1. The first kappa shape index (κ1) is 24.6. The normalized spacial score (nSPS) is 12.3. The van der Waals surface area contributed by atoms with E-state index in [-0.39, 0.29) is 24.0 Å². The molecule has 0 radical (unpaired) electrons. The monoisotopic (exact) mass is 479 g/mol. The van der Waals surface area contributed by atoms with E-state index in [1.54, 1.807) is 27.4 Å². The Balaban J connectivity index is 0.00000625. The molecule has 0 fully saturated rings. The number of methoxy groups -OCH3 is 3. The lowest BCUT2D eigenvalue weighted by Crippen LogP contribution is -2.38. The second kappa shape index (κ2) is 12.9. The number of guanidine groups is 1. The maximum absolute atomic E-state index is 6.01. The van der Waals surface area contributed by atoms with Gasteiger partial charge in [-0.1, -0.05) is 26.7 Å². The quantitative estimate of drug-likeness (QED) is 0.302. The minimum Gasteiger partial charge on any atom is -0.496 e. The van der Waals surface area contributed by atoms with E-state index in [0.717, 1.165) is 17.9 Å². The number of hydrogen-bond acceptors (Lipinski definition) is 4. The molecule has 0 aromatic heterocycles. The summed E-state index contributed by atoms with van der Waals surface area (Å²) in [4.78, 5) is 4.42. The standard InChI is InChI=1S/C19H33N3O3.HI/c1-13(2)8-7-9-14(3)22-19(20)21-12-15-10-17(24-5)18(25-6)11-16(15)23-4;/h10-11,13-14H,7-9,12H2,1-6H3,(H3,20,21,22);1H. The van der Waals surface area contributed by atoms with Crippen molar-refractivity contribution in [3.05, 3.63) is 17.7 Å². The van der Waals surface area contributed by atoms with Gasteiger partial charge in [0.1, 0.15) is 5.75 Å². The Labute approximate surface area is 174 Å². The molecule has 0 saturated carbocycles. The molecule has 0 aliphatic rings. The average molecular weight is 479 g/mol. The van der Waals surface area contributed by atoms with E-state index in [0.29, 0.717) is 35.8 Å². The Morgan fingerprint density at radius 1 is 1.00 bits per heavy atom. The van der Waals surface area contributed by atoms with Crippen molar-refractivity contribution in [3.8, 4) is 17.2 Å². The van der Waals surface area contributed by atoms with Crippen LogP contribution >= 0.6 is 24.0 Å². The minimum absolute atomic E-state index is 0. The number of ether oxygens (including phenoxy) is 3. The first-order chi connectivity index (χ1) is 11.9. The third kappa shape index (κ3) is 8.33. The van der Waals surface area contributed by atoms with Crippen LogP contribution in [0.4, 0.5) is 0 Å². The molecular weight excluding hydrogens is 445 g/mol. The van der Waals surface area contributed by atoms with E-state index >= 15 is 0 Å². The highest BCUT2D eigenvalue weighted by Crippen LogP contribution is 2.34. The molecule has 1 aromatic carbocycles. The molecule has 1 rings (SSSR count). The molecule has 0 spiro atoms. The van der Waals surface area contributed by atoms with E-state index < -0.39 is 0 Å². The fraction of sp³-hybridized carbons (Fsp3) is 0.632. The van der Waals surface area contributed by atoms with Gasteiger partial charge in [0.25, 0.3) is 0 Å². The third-order valence-electron chi connectivity index (χ3n) is 4.02. The molecular formula is C19H34IN3O3. The van der Waals surface area contributed by atoms with Crippen molar-refractivity contribution in [2.24, 2.45) is 16.6 Å². The first-order valence-electron chi connectivity index (χ1n) is 8.76. The molecule has 1 atom stereocenters. The zero-order valence-electron chi connectivity index (χ0n) is 16.8. The van der Waals surface area contributed by atoms with Gasteiger partial charge in [0.2, 0.25) is 0 Å². The van der Waals surface area contributed by atoms with Crippen LogP contribution in [0.3, 0.4) is 0 Å². The van der Waals surface area contributed by atoms with Gasteiger partial charge in [-0.15, -0.1) is 24.0 Å². The fourth-order valence-electron chi connectivity index (χ4n) is 2.59. The number of halogens is 1. The first-order valence-corrected chi connectivity index (χ1v) is 8.76. The summed E-state index contributed by atoms with van der Waals surface area (Å²) >= 11 is 0. The van der Waals surface area contributed by atoms with Crippen LogP contribution in [-0.2, 0) is 6.54 Å². The molecule has 0 aliphatic heterocycles. The van der Waals surface area contributed by atoms with Crippen LogP contribution in [0.5, 0.6) is 17.2 Å². The molecule has 0 heterocycles. The molecule has 3 N–H and O–H groups in total. The van der Waals surface area contributed by atoms with Crippen molar-refractivity contribution >= 4 is 29.9 Å². The van der Waals surface area contributed by atoms with Crippen LogP contribution in [0, 0.1) is 5.92 Å². The topological polar surface area (TPSA) is 78.1 Å². The van der Waals surface area contributed by atoms with Crippen molar-refractivity contribution in [2.75, 3.05) is 21.3 Å². The molecule has 150 valence electrons. The summed E-state index contributed by atoms with van der Waals surface area (Å²) in [5, 5.41) is 3.24. The van der Waals surface area contributed by atoms with Gasteiger partial charge < -0.3 is 25.3 Å². The van der Waals surface area contributed by atoms with Crippen molar-refractivity contribution in [2.45, 2.75) is 52.6 Å². The average Bonchev–Trinajstić information content (AvgIpc) is 2.58. The number of aliphatic imine (C=N–C) groups is 1. The van der Waals surface area contributed by atoms with Crippen molar-refractivity contribution in [1.82, 2.24) is 5.32 Å². The van der Waals surface area contributed by atoms with Gasteiger partial charge >= 0.3 is 0 Å². The molecule has 0 amide bonds. The Morgan fingerprint density at radius 3 is 2.12 bits per heavy atom. The van der Waals surface area contributed by atoms with Crippen LogP contribution in [0.25, 0.3) is 0 Å². The molecule has 26 heavy (non-hydrogen) atoms. The summed E-state index contributed by atoms with van der Waals surface area (Å²) < 4.78 is 16.0. The van der Waals surface area contributed by atoms with Crippen molar-refractivity contribution < 1.29 is 14.2 Å². The Kier molecular flexibility index (Phi) is 12.2. The predicted molar refractivity (Wildman–Crippen MR) is 118 cm³/mol. The number of nitrogens with zero attached hydrogens (tertiary/aromatic N) is 1. The molecule has 0 saturated heterocycles. The maximum Gasteiger partial charge on any atom is 0.189 e. The highest BCUT2D eigenvalue weighted by molar-refractivity contribution is 14.0. The lowest BCUT2D eigenvalue weighted by Gasteiger charge is -2.16. The van der Waals surface area contributed by atoms with E-state index in [2.05, 4.69) is 31.1 Å². The largest absolute Gasteiger partial charge is 0.496 e. The number of nitrogens with two attached hydrogens (primary N) is 1. The van der Waals surface area contributed by atoms with Gasteiger partial charge in [0.15, 0.2) is 17.5 Å². The van der Waals surface area contributed by atoms with Crippen LogP contribution in [0.1, 0.15) is 45.6 Å². The van der Waals surface area contributed by atoms with Gasteiger partial charge in [-0.2, -0.15) is 0 Å². The molecule has 7 heteroatoms. The van der Waals surface area contributed by atoms with E-state index in [1.165, 1.54) is 12.8 Å². The van der Waals surface area contributed by atoms with Gasteiger partial charge in [-0.25, -0.2) is 4.99 Å². The summed E-state index contributed by atoms with van der Waals surface area (Å²) in [5.41, 5.74) is 6.90. The van der Waals surface area contributed by atoms with Crippen LogP contribution in [0.15, 0.2) is 17.1 Å². The molecule has 6 nitrogen and oxygen atoms in total. The highest BCUT2D eigenvalue weighted by Gasteiger charge is 2.12. The SMILES string of the molecule is COc1cc(OC)c(OC)cc1CN=C(N)NC(C)CCCC(C)C.I. The minimum atomic E-state index is 0. The van der Waals surface area contributed by atoms with Crippen molar-refractivity contribution in [3.63, 3.8) is 0 Å². The van der Waals surface area contributed by atoms with Gasteiger partial charge in [-0.3, -0.25) is 0 Å². The smallest absolute Gasteiger partial charge is 0.189 e. The second-order valence-corrected chi connectivity index (χ2v) is 6.59. The van der Waals surface area contributed by atoms with Gasteiger partial charge in [-0.05, 0) is 25.3 Å². The van der Waals surface area contributed by atoms with Crippen LogP contribution < -0.4 is 25.3 Å². The molecule has 1 aromatic rings. The van der Waals surface area contributed by atoms with Gasteiger partial charge in [0.05, 0.1) is 27.9 Å². The summed E-state index contributed by atoms with van der Waals surface area (Å²) in [6, 6.07) is 3.96. The van der Waals surface area contributed by atoms with E-state index in [4.69, 9.17) is 19.9 Å². The van der Waals surface area contributed by atoms with Crippen LogP contribution in [0.2, 0.25) is 0 Å². The number of rotatable bonds is 10.